The molecule has 0 radical (unpaired) electrons. The summed E-state index contributed by atoms with van der Waals surface area (Å²) in [6.07, 6.45) is 50.7. The van der Waals surface area contributed by atoms with Crippen LogP contribution in [0, 0.1) is 0 Å². The molecule has 1 aliphatic heterocycles. The number of hydrogen-bond donors (Lipinski definition) is 7. The molecule has 0 spiro atoms. The average Bonchev–Trinajstić information content (AvgIpc) is 3.33. The zero-order valence-corrected chi connectivity index (χ0v) is 43.0. The predicted octanol–water partition coefficient (Wildman–Crippen LogP) is 12.3. The molecule has 8 atom stereocenters. The standard InChI is InChI=1S/C57H105NO9/c1-3-5-7-9-11-13-15-17-19-20-21-22-23-24-25-26-27-28-29-30-32-34-36-38-40-42-44-46-51(61)56(65)58-49(48-66-57-55(64)54(63)53(62)52(47-59)67-57)50(60)45-43-41-39-37-35-33-31-18-16-14-12-10-8-6-4-2/h16,18,24-25,35,37,43,45,49-55,57,59-64H,3-15,17,19-23,26-34,36,38-42,44,46-48H2,1-2H3,(H,58,65)/b18-16+,25-24-,37-35+,45-43+. The second-order valence-corrected chi connectivity index (χ2v) is 19.5. The number of amides is 1. The van der Waals surface area contributed by atoms with Crippen molar-refractivity contribution < 1.29 is 44.9 Å². The molecule has 1 aliphatic rings. The Balaban J connectivity index is 2.27. The van der Waals surface area contributed by atoms with Crippen LogP contribution in [0.3, 0.4) is 0 Å². The summed E-state index contributed by atoms with van der Waals surface area (Å²) in [5.74, 6) is -0.630. The molecule has 67 heavy (non-hydrogen) atoms. The maximum absolute atomic E-state index is 13.1. The number of nitrogens with one attached hydrogen (secondary N) is 1. The van der Waals surface area contributed by atoms with Crippen molar-refractivity contribution in [2.75, 3.05) is 13.2 Å². The summed E-state index contributed by atoms with van der Waals surface area (Å²) in [5, 5.41) is 64.9. The van der Waals surface area contributed by atoms with E-state index in [1.807, 2.05) is 6.08 Å². The number of hydrogen-bond acceptors (Lipinski definition) is 9. The third-order valence-corrected chi connectivity index (χ3v) is 13.2. The summed E-state index contributed by atoms with van der Waals surface area (Å²) >= 11 is 0. The van der Waals surface area contributed by atoms with Crippen LogP contribution in [0.1, 0.15) is 245 Å². The Morgan fingerprint density at radius 3 is 1.30 bits per heavy atom. The molecule has 0 aromatic rings. The molecular formula is C57H105NO9. The fourth-order valence-electron chi connectivity index (χ4n) is 8.66. The molecule has 10 nitrogen and oxygen atoms in total. The van der Waals surface area contributed by atoms with Crippen molar-refractivity contribution >= 4 is 5.91 Å². The van der Waals surface area contributed by atoms with E-state index >= 15 is 0 Å². The van der Waals surface area contributed by atoms with Crippen LogP contribution in [0.15, 0.2) is 48.6 Å². The summed E-state index contributed by atoms with van der Waals surface area (Å²) in [7, 11) is 0. The van der Waals surface area contributed by atoms with Crippen LogP contribution < -0.4 is 5.32 Å². The maximum Gasteiger partial charge on any atom is 0.249 e. The highest BCUT2D eigenvalue weighted by Crippen LogP contribution is 2.23. The van der Waals surface area contributed by atoms with Gasteiger partial charge in [-0.15, -0.1) is 0 Å². The topological polar surface area (TPSA) is 169 Å². The molecule has 392 valence electrons. The van der Waals surface area contributed by atoms with Gasteiger partial charge in [0.25, 0.3) is 0 Å². The van der Waals surface area contributed by atoms with E-state index < -0.39 is 61.5 Å². The number of ether oxygens (including phenoxy) is 2. The van der Waals surface area contributed by atoms with Crippen molar-refractivity contribution in [1.29, 1.82) is 0 Å². The molecule has 1 saturated heterocycles. The molecule has 0 aromatic carbocycles. The first-order chi connectivity index (χ1) is 32.8. The zero-order chi connectivity index (χ0) is 48.8. The van der Waals surface area contributed by atoms with Gasteiger partial charge in [0, 0.05) is 0 Å². The lowest BCUT2D eigenvalue weighted by Gasteiger charge is -2.40. The molecule has 1 fully saturated rings. The van der Waals surface area contributed by atoms with Crippen LogP contribution in [-0.4, -0.2) is 98.7 Å². The lowest BCUT2D eigenvalue weighted by atomic mass is 9.99. The van der Waals surface area contributed by atoms with Crippen molar-refractivity contribution in [3.05, 3.63) is 48.6 Å². The van der Waals surface area contributed by atoms with Gasteiger partial charge in [-0.05, 0) is 70.6 Å². The van der Waals surface area contributed by atoms with E-state index in [4.69, 9.17) is 9.47 Å². The highest BCUT2D eigenvalue weighted by molar-refractivity contribution is 5.80. The molecule has 0 aliphatic carbocycles. The zero-order valence-electron chi connectivity index (χ0n) is 43.0. The third-order valence-electron chi connectivity index (χ3n) is 13.2. The summed E-state index contributed by atoms with van der Waals surface area (Å²) in [5.41, 5.74) is 0. The molecule has 0 aromatic heterocycles. The smallest absolute Gasteiger partial charge is 0.249 e. The lowest BCUT2D eigenvalue weighted by molar-refractivity contribution is -0.302. The minimum Gasteiger partial charge on any atom is -0.394 e. The normalized spacial score (nSPS) is 20.5. The van der Waals surface area contributed by atoms with E-state index in [-0.39, 0.29) is 6.61 Å². The van der Waals surface area contributed by atoms with E-state index in [9.17, 15) is 35.4 Å². The second kappa shape index (κ2) is 46.5. The van der Waals surface area contributed by atoms with Crippen molar-refractivity contribution in [1.82, 2.24) is 5.32 Å². The number of allylic oxidation sites excluding steroid dienone is 7. The molecule has 7 N–H and O–H groups in total. The van der Waals surface area contributed by atoms with Gasteiger partial charge < -0.3 is 45.4 Å². The number of aliphatic hydroxyl groups excluding tert-OH is 6. The van der Waals surface area contributed by atoms with Gasteiger partial charge in [0.2, 0.25) is 5.91 Å². The first kappa shape index (κ1) is 63.1. The van der Waals surface area contributed by atoms with Crippen LogP contribution >= 0.6 is 0 Å². The molecule has 0 bridgehead atoms. The summed E-state index contributed by atoms with van der Waals surface area (Å²) < 4.78 is 11.2. The maximum atomic E-state index is 13.1. The van der Waals surface area contributed by atoms with Crippen LogP contribution in [0.4, 0.5) is 0 Å². The molecular weight excluding hydrogens is 843 g/mol. The van der Waals surface area contributed by atoms with Gasteiger partial charge in [0.1, 0.15) is 30.5 Å². The Bertz CT molecular complexity index is 1210. The Hall–Kier alpha value is -1.89. The van der Waals surface area contributed by atoms with Gasteiger partial charge in [-0.25, -0.2) is 0 Å². The Labute approximate surface area is 410 Å². The molecule has 1 rings (SSSR count). The minimum atomic E-state index is -1.62. The molecule has 8 unspecified atom stereocenters. The average molecular weight is 948 g/mol. The molecule has 10 heteroatoms. The van der Waals surface area contributed by atoms with E-state index in [0.717, 1.165) is 44.9 Å². The van der Waals surface area contributed by atoms with Gasteiger partial charge in [-0.3, -0.25) is 4.79 Å². The Morgan fingerprint density at radius 1 is 0.507 bits per heavy atom. The van der Waals surface area contributed by atoms with Crippen molar-refractivity contribution in [2.24, 2.45) is 0 Å². The second-order valence-electron chi connectivity index (χ2n) is 19.5. The lowest BCUT2D eigenvalue weighted by Crippen LogP contribution is -2.60. The number of carbonyl (C=O) groups excluding carboxylic acids is 1. The summed E-state index contributed by atoms with van der Waals surface area (Å²) in [4.78, 5) is 13.1. The largest absolute Gasteiger partial charge is 0.394 e. The minimum absolute atomic E-state index is 0.299. The number of rotatable bonds is 47. The predicted molar refractivity (Wildman–Crippen MR) is 278 cm³/mol. The number of unbranched alkanes of at least 4 members (excludes halogenated alkanes) is 30. The highest BCUT2D eigenvalue weighted by Gasteiger charge is 2.44. The molecule has 1 heterocycles. The quantitative estimate of drug-likeness (QED) is 0.0232. The van der Waals surface area contributed by atoms with Gasteiger partial charge in [0.15, 0.2) is 6.29 Å². The van der Waals surface area contributed by atoms with E-state index in [1.165, 1.54) is 167 Å². The van der Waals surface area contributed by atoms with Crippen molar-refractivity contribution in [3.63, 3.8) is 0 Å². The van der Waals surface area contributed by atoms with Gasteiger partial charge in [-0.2, -0.15) is 0 Å². The first-order valence-corrected chi connectivity index (χ1v) is 28.0. The fourth-order valence-corrected chi connectivity index (χ4v) is 8.66. The SMILES string of the molecule is CCCCCCC/C=C/CC/C=C/CC/C=C/C(O)C(COC1OC(CO)C(O)C(O)C1O)NC(=O)C(O)CCCCCCCCCCCCC/C=C\CCCCCCCCCCCCCC. The highest BCUT2D eigenvalue weighted by atomic mass is 16.7. The molecule has 0 saturated carbocycles. The first-order valence-electron chi connectivity index (χ1n) is 28.0. The van der Waals surface area contributed by atoms with E-state index in [0.29, 0.717) is 19.3 Å². The van der Waals surface area contributed by atoms with Crippen molar-refractivity contribution in [3.8, 4) is 0 Å². The number of aliphatic hydroxyl groups is 6. The molecule has 1 amide bonds. The van der Waals surface area contributed by atoms with Gasteiger partial charge >= 0.3 is 0 Å². The van der Waals surface area contributed by atoms with Crippen LogP contribution in [-0.2, 0) is 14.3 Å². The van der Waals surface area contributed by atoms with Crippen LogP contribution in [0.2, 0.25) is 0 Å². The van der Waals surface area contributed by atoms with Crippen LogP contribution in [0.5, 0.6) is 0 Å². The van der Waals surface area contributed by atoms with E-state index in [2.05, 4.69) is 55.6 Å². The summed E-state index contributed by atoms with van der Waals surface area (Å²) in [6, 6.07) is -1.00. The van der Waals surface area contributed by atoms with Gasteiger partial charge in [-0.1, -0.05) is 223 Å². The van der Waals surface area contributed by atoms with Gasteiger partial charge in [0.05, 0.1) is 25.4 Å². The Morgan fingerprint density at radius 2 is 0.881 bits per heavy atom. The third kappa shape index (κ3) is 35.8. The summed E-state index contributed by atoms with van der Waals surface area (Å²) in [6.45, 7) is 3.59. The number of carbonyl (C=O) groups is 1. The fraction of sp³-hybridized carbons (Fsp3) is 0.842. The monoisotopic (exact) mass is 948 g/mol. The Kier molecular flexibility index (Phi) is 43.8. The van der Waals surface area contributed by atoms with E-state index in [1.54, 1.807) is 6.08 Å². The van der Waals surface area contributed by atoms with Crippen molar-refractivity contribution in [2.45, 2.75) is 294 Å². The van der Waals surface area contributed by atoms with Crippen LogP contribution in [0.25, 0.3) is 0 Å².